The molecule has 0 amide bonds. The fraction of sp³-hybridized carbons (Fsp3) is 0.966. The predicted molar refractivity (Wildman–Crippen MR) is 146 cm³/mol. The molecule has 1 rings (SSSR count). The van der Waals surface area contributed by atoms with Crippen LogP contribution in [0.2, 0.25) is 0 Å². The summed E-state index contributed by atoms with van der Waals surface area (Å²) in [5.74, 6) is -0.321. The Hall–Kier alpha value is -0.810. The van der Waals surface area contributed by atoms with E-state index in [1.54, 1.807) is 0 Å². The molecule has 4 N–H and O–H groups in total. The lowest BCUT2D eigenvalue weighted by molar-refractivity contribution is -0.305. The first-order chi connectivity index (χ1) is 18.4. The Bertz CT molecular complexity index is 560. The van der Waals surface area contributed by atoms with Gasteiger partial charge < -0.3 is 39.4 Å². The number of aliphatic hydroxyl groups excluding tert-OH is 4. The van der Waals surface area contributed by atoms with Crippen LogP contribution in [-0.4, -0.2) is 89.6 Å². The summed E-state index contributed by atoms with van der Waals surface area (Å²) in [5.41, 5.74) is 0. The van der Waals surface area contributed by atoms with Gasteiger partial charge in [0, 0.05) is 13.0 Å². The normalized spacial score (nSPS) is 24.4. The third kappa shape index (κ3) is 15.7. The van der Waals surface area contributed by atoms with E-state index >= 15 is 0 Å². The Morgan fingerprint density at radius 2 is 1.29 bits per heavy atom. The molecule has 226 valence electrons. The van der Waals surface area contributed by atoms with E-state index in [9.17, 15) is 25.2 Å². The Labute approximate surface area is 230 Å². The second-order valence-electron chi connectivity index (χ2n) is 10.6. The standard InChI is InChI=1S/C29H56O9/c1-3-5-7-9-11-12-14-16-18-25(31)37-23(21-35-19-17-15-13-10-8-6-4-2)22-36-29-28(34)27(33)26(32)24(20-30)38-29/h23-24,26-30,32-34H,3-22H2,1-2H3. The van der Waals surface area contributed by atoms with Crippen molar-refractivity contribution in [1.82, 2.24) is 0 Å². The molecule has 6 atom stereocenters. The molecule has 0 aromatic carbocycles. The van der Waals surface area contributed by atoms with Crippen LogP contribution in [0.3, 0.4) is 0 Å². The van der Waals surface area contributed by atoms with Crippen LogP contribution in [0.15, 0.2) is 0 Å². The summed E-state index contributed by atoms with van der Waals surface area (Å²) in [7, 11) is 0. The zero-order valence-corrected chi connectivity index (χ0v) is 23.9. The number of rotatable bonds is 24. The lowest BCUT2D eigenvalue weighted by atomic mass is 9.99. The molecule has 0 aromatic rings. The van der Waals surface area contributed by atoms with Gasteiger partial charge in [0.05, 0.1) is 19.8 Å². The van der Waals surface area contributed by atoms with Gasteiger partial charge in [-0.05, 0) is 12.8 Å². The Morgan fingerprint density at radius 3 is 1.87 bits per heavy atom. The number of hydrogen-bond acceptors (Lipinski definition) is 9. The van der Waals surface area contributed by atoms with E-state index in [4.69, 9.17) is 18.9 Å². The fourth-order valence-electron chi connectivity index (χ4n) is 4.55. The van der Waals surface area contributed by atoms with Gasteiger partial charge in [-0.3, -0.25) is 4.79 Å². The molecule has 0 spiro atoms. The van der Waals surface area contributed by atoms with E-state index in [0.717, 1.165) is 32.1 Å². The number of ether oxygens (including phenoxy) is 4. The van der Waals surface area contributed by atoms with Crippen molar-refractivity contribution in [3.63, 3.8) is 0 Å². The predicted octanol–water partition coefficient (Wildman–Crippen LogP) is 4.01. The molecule has 1 fully saturated rings. The molecule has 1 aliphatic heterocycles. The molecule has 0 aromatic heterocycles. The molecule has 9 nitrogen and oxygen atoms in total. The van der Waals surface area contributed by atoms with Crippen molar-refractivity contribution in [3.8, 4) is 0 Å². The minimum absolute atomic E-state index is 0.108. The summed E-state index contributed by atoms with van der Waals surface area (Å²) < 4.78 is 22.4. The number of carbonyl (C=O) groups excluding carboxylic acids is 1. The largest absolute Gasteiger partial charge is 0.457 e. The zero-order valence-electron chi connectivity index (χ0n) is 23.9. The topological polar surface area (TPSA) is 135 Å². The molecule has 0 aliphatic carbocycles. The number of aliphatic hydroxyl groups is 4. The van der Waals surface area contributed by atoms with Crippen molar-refractivity contribution < 1.29 is 44.2 Å². The molecule has 1 saturated heterocycles. The molecule has 0 saturated carbocycles. The average Bonchev–Trinajstić information content (AvgIpc) is 2.91. The highest BCUT2D eigenvalue weighted by Crippen LogP contribution is 2.22. The zero-order chi connectivity index (χ0) is 28.0. The fourth-order valence-corrected chi connectivity index (χ4v) is 4.55. The Kier molecular flexibility index (Phi) is 21.3. The third-order valence-electron chi connectivity index (χ3n) is 7.02. The van der Waals surface area contributed by atoms with E-state index in [1.807, 2.05) is 0 Å². The van der Waals surface area contributed by atoms with Gasteiger partial charge in [0.15, 0.2) is 6.29 Å². The maximum atomic E-state index is 12.5. The van der Waals surface area contributed by atoms with Crippen LogP contribution in [0.25, 0.3) is 0 Å². The first kappa shape index (κ1) is 35.2. The molecule has 0 radical (unpaired) electrons. The van der Waals surface area contributed by atoms with E-state index in [1.165, 1.54) is 64.2 Å². The van der Waals surface area contributed by atoms with Crippen LogP contribution in [0.1, 0.15) is 117 Å². The minimum atomic E-state index is -1.53. The maximum absolute atomic E-state index is 12.5. The second-order valence-corrected chi connectivity index (χ2v) is 10.6. The molecule has 1 aliphatic rings. The summed E-state index contributed by atoms with van der Waals surface area (Å²) in [5, 5.41) is 39.5. The van der Waals surface area contributed by atoms with Gasteiger partial charge in [-0.15, -0.1) is 0 Å². The Balaban J connectivity index is 2.44. The maximum Gasteiger partial charge on any atom is 0.306 e. The first-order valence-corrected chi connectivity index (χ1v) is 15.1. The highest BCUT2D eigenvalue weighted by molar-refractivity contribution is 5.69. The van der Waals surface area contributed by atoms with Gasteiger partial charge in [-0.1, -0.05) is 97.3 Å². The van der Waals surface area contributed by atoms with E-state index in [0.29, 0.717) is 13.0 Å². The SMILES string of the molecule is CCCCCCCCCCC(=O)OC(COCCCCCCCCC)COC1OC(CO)C(O)C(O)C1O. The monoisotopic (exact) mass is 548 g/mol. The molecule has 9 heteroatoms. The van der Waals surface area contributed by atoms with Crippen LogP contribution < -0.4 is 0 Å². The first-order valence-electron chi connectivity index (χ1n) is 15.1. The third-order valence-corrected chi connectivity index (χ3v) is 7.02. The van der Waals surface area contributed by atoms with Gasteiger partial charge in [0.2, 0.25) is 0 Å². The second kappa shape index (κ2) is 22.9. The van der Waals surface area contributed by atoms with Crippen molar-refractivity contribution in [2.45, 2.75) is 153 Å². The van der Waals surface area contributed by atoms with Crippen LogP contribution >= 0.6 is 0 Å². The van der Waals surface area contributed by atoms with Crippen molar-refractivity contribution in [2.24, 2.45) is 0 Å². The van der Waals surface area contributed by atoms with Gasteiger partial charge in [-0.25, -0.2) is 0 Å². The summed E-state index contributed by atoms with van der Waals surface area (Å²) in [6, 6.07) is 0. The lowest BCUT2D eigenvalue weighted by Crippen LogP contribution is -2.59. The van der Waals surface area contributed by atoms with Crippen molar-refractivity contribution in [1.29, 1.82) is 0 Å². The summed E-state index contributed by atoms with van der Waals surface area (Å²) >= 11 is 0. The van der Waals surface area contributed by atoms with Gasteiger partial charge in [0.25, 0.3) is 0 Å². The molecule has 6 unspecified atom stereocenters. The van der Waals surface area contributed by atoms with Gasteiger partial charge in [-0.2, -0.15) is 0 Å². The van der Waals surface area contributed by atoms with Gasteiger partial charge >= 0.3 is 5.97 Å². The van der Waals surface area contributed by atoms with Crippen molar-refractivity contribution in [2.75, 3.05) is 26.4 Å². The number of hydrogen-bond donors (Lipinski definition) is 4. The molecular formula is C29H56O9. The molecular weight excluding hydrogens is 492 g/mol. The smallest absolute Gasteiger partial charge is 0.306 e. The number of carbonyl (C=O) groups is 1. The summed E-state index contributed by atoms with van der Waals surface area (Å²) in [4.78, 5) is 12.5. The van der Waals surface area contributed by atoms with Gasteiger partial charge in [0.1, 0.15) is 30.5 Å². The molecule has 0 bridgehead atoms. The highest BCUT2D eigenvalue weighted by atomic mass is 16.7. The van der Waals surface area contributed by atoms with Crippen LogP contribution in [0.4, 0.5) is 0 Å². The number of unbranched alkanes of at least 4 members (excludes halogenated alkanes) is 13. The van der Waals surface area contributed by atoms with E-state index in [-0.39, 0.29) is 19.2 Å². The van der Waals surface area contributed by atoms with Crippen molar-refractivity contribution >= 4 is 5.97 Å². The number of esters is 1. The van der Waals surface area contributed by atoms with Crippen LogP contribution in [0.5, 0.6) is 0 Å². The summed E-state index contributed by atoms with van der Waals surface area (Å²) in [6.45, 7) is 4.46. The minimum Gasteiger partial charge on any atom is -0.457 e. The van der Waals surface area contributed by atoms with E-state index in [2.05, 4.69) is 13.8 Å². The lowest BCUT2D eigenvalue weighted by Gasteiger charge is -2.39. The molecule has 1 heterocycles. The highest BCUT2D eigenvalue weighted by Gasteiger charge is 2.44. The van der Waals surface area contributed by atoms with Crippen LogP contribution in [-0.2, 0) is 23.7 Å². The molecule has 38 heavy (non-hydrogen) atoms. The summed E-state index contributed by atoms with van der Waals surface area (Å²) in [6.07, 6.45) is 10.1. The van der Waals surface area contributed by atoms with E-state index < -0.39 is 43.4 Å². The van der Waals surface area contributed by atoms with Crippen LogP contribution in [0, 0.1) is 0 Å². The van der Waals surface area contributed by atoms with Crippen molar-refractivity contribution in [3.05, 3.63) is 0 Å². The quantitative estimate of drug-likeness (QED) is 0.104. The Morgan fingerprint density at radius 1 is 0.737 bits per heavy atom. The average molecular weight is 549 g/mol.